The summed E-state index contributed by atoms with van der Waals surface area (Å²) in [7, 11) is 0. The number of hydrogen-bond acceptors (Lipinski definition) is 2. The smallest absolute Gasteiger partial charge is 0.251 e. The summed E-state index contributed by atoms with van der Waals surface area (Å²) in [5, 5.41) is 2.00. The topological polar surface area (TPSA) is 22.0 Å². The molecule has 1 atom stereocenters. The van der Waals surface area contributed by atoms with E-state index in [0.29, 0.717) is 0 Å². The molecular formula is C12H11NOS. The predicted octanol–water partition coefficient (Wildman–Crippen LogP) is 2.69. The van der Waals surface area contributed by atoms with Crippen LogP contribution in [-0.4, -0.2) is 4.57 Å². The second-order valence-electron chi connectivity index (χ2n) is 3.14. The van der Waals surface area contributed by atoms with Crippen LogP contribution in [0.2, 0.25) is 0 Å². The van der Waals surface area contributed by atoms with Crippen molar-refractivity contribution in [2.75, 3.05) is 0 Å². The minimum Gasteiger partial charge on any atom is -0.304 e. The van der Waals surface area contributed by atoms with E-state index in [9.17, 15) is 4.79 Å². The third-order valence-corrected chi connectivity index (χ3v) is 3.15. The summed E-state index contributed by atoms with van der Waals surface area (Å²) in [5.41, 5.74) is -0.00389. The lowest BCUT2D eigenvalue weighted by molar-refractivity contribution is 0.682. The number of rotatable bonds is 3. The van der Waals surface area contributed by atoms with Gasteiger partial charge in [-0.1, -0.05) is 18.2 Å². The molecule has 0 aliphatic heterocycles. The molecule has 0 aliphatic carbocycles. The van der Waals surface area contributed by atoms with Gasteiger partial charge in [0.1, 0.15) is 0 Å². The Morgan fingerprint density at radius 1 is 1.33 bits per heavy atom. The minimum absolute atomic E-state index is 0.00389. The Morgan fingerprint density at radius 2 is 2.20 bits per heavy atom. The fraction of sp³-hybridized carbons (Fsp3) is 0.0833. The maximum atomic E-state index is 11.6. The first kappa shape index (κ1) is 9.93. The van der Waals surface area contributed by atoms with Crippen LogP contribution in [0.4, 0.5) is 0 Å². The molecule has 0 radical (unpaired) electrons. The van der Waals surface area contributed by atoms with Gasteiger partial charge in [0.2, 0.25) is 0 Å². The van der Waals surface area contributed by atoms with E-state index in [2.05, 4.69) is 6.58 Å². The average molecular weight is 217 g/mol. The Hall–Kier alpha value is -1.61. The highest BCUT2D eigenvalue weighted by Gasteiger charge is 2.10. The molecule has 3 heteroatoms. The molecule has 0 fully saturated rings. The molecule has 2 aromatic rings. The molecule has 2 nitrogen and oxygen atoms in total. The molecule has 0 bridgehead atoms. The van der Waals surface area contributed by atoms with Gasteiger partial charge in [0.05, 0.1) is 6.04 Å². The molecule has 0 amide bonds. The van der Waals surface area contributed by atoms with Crippen molar-refractivity contribution in [3.8, 4) is 0 Å². The summed E-state index contributed by atoms with van der Waals surface area (Å²) in [4.78, 5) is 12.8. The summed E-state index contributed by atoms with van der Waals surface area (Å²) in [6, 6.07) is 9.09. The summed E-state index contributed by atoms with van der Waals surface area (Å²) in [5.74, 6) is 0. The summed E-state index contributed by atoms with van der Waals surface area (Å²) in [6.07, 6.45) is 3.57. The van der Waals surface area contributed by atoms with Crippen molar-refractivity contribution in [1.82, 2.24) is 4.57 Å². The third-order valence-electron chi connectivity index (χ3n) is 2.21. The SMILES string of the molecule is C=C[C@@H](c1cccs1)n1ccccc1=O. The van der Waals surface area contributed by atoms with Crippen molar-refractivity contribution >= 4 is 11.3 Å². The maximum Gasteiger partial charge on any atom is 0.251 e. The fourth-order valence-electron chi connectivity index (χ4n) is 1.50. The largest absolute Gasteiger partial charge is 0.304 e. The Kier molecular flexibility index (Phi) is 2.83. The van der Waals surface area contributed by atoms with Crippen LogP contribution in [0, 0.1) is 0 Å². The summed E-state index contributed by atoms with van der Waals surface area (Å²) < 4.78 is 1.68. The fourth-order valence-corrected chi connectivity index (χ4v) is 2.32. The molecule has 0 N–H and O–H groups in total. The molecule has 2 aromatic heterocycles. The Morgan fingerprint density at radius 3 is 2.80 bits per heavy atom. The van der Waals surface area contributed by atoms with Gasteiger partial charge < -0.3 is 4.57 Å². The first-order valence-corrected chi connectivity index (χ1v) is 5.54. The molecule has 0 aliphatic rings. The minimum atomic E-state index is -0.0568. The van der Waals surface area contributed by atoms with Crippen LogP contribution in [0.3, 0.4) is 0 Å². The van der Waals surface area contributed by atoms with Gasteiger partial charge >= 0.3 is 0 Å². The van der Waals surface area contributed by atoms with Crippen LogP contribution in [0.1, 0.15) is 10.9 Å². The van der Waals surface area contributed by atoms with E-state index < -0.39 is 0 Å². The first-order chi connectivity index (χ1) is 7.33. The lowest BCUT2D eigenvalue weighted by Crippen LogP contribution is -2.21. The molecule has 0 saturated heterocycles. The van der Waals surface area contributed by atoms with Gasteiger partial charge in [0.15, 0.2) is 0 Å². The molecule has 76 valence electrons. The standard InChI is InChI=1S/C12H11NOS/c1-2-10(11-6-5-9-15-11)13-8-4-3-7-12(13)14/h2-10H,1H2/t10-/m0/s1. The summed E-state index contributed by atoms with van der Waals surface area (Å²) >= 11 is 1.63. The number of thiophene rings is 1. The van der Waals surface area contributed by atoms with Crippen molar-refractivity contribution in [1.29, 1.82) is 0 Å². The highest BCUT2D eigenvalue weighted by atomic mass is 32.1. The second-order valence-corrected chi connectivity index (χ2v) is 4.12. The zero-order valence-corrected chi connectivity index (χ0v) is 8.98. The highest BCUT2D eigenvalue weighted by molar-refractivity contribution is 7.10. The molecule has 2 rings (SSSR count). The molecule has 0 aromatic carbocycles. The van der Waals surface area contributed by atoms with Crippen LogP contribution < -0.4 is 5.56 Å². The number of aromatic nitrogens is 1. The van der Waals surface area contributed by atoms with E-state index in [0.717, 1.165) is 4.88 Å². The average Bonchev–Trinajstić information content (AvgIpc) is 2.75. The zero-order valence-electron chi connectivity index (χ0n) is 8.17. The van der Waals surface area contributed by atoms with Gasteiger partial charge in [-0.25, -0.2) is 0 Å². The van der Waals surface area contributed by atoms with Crippen molar-refractivity contribution in [3.05, 3.63) is 69.8 Å². The lowest BCUT2D eigenvalue weighted by Gasteiger charge is -2.13. The number of nitrogens with zero attached hydrogens (tertiary/aromatic N) is 1. The number of allylic oxidation sites excluding steroid dienone is 1. The Labute approximate surface area is 92.1 Å². The normalized spacial score (nSPS) is 12.3. The molecule has 0 spiro atoms. The second kappa shape index (κ2) is 4.28. The number of hydrogen-bond donors (Lipinski definition) is 0. The van der Waals surface area contributed by atoms with Crippen molar-refractivity contribution in [3.63, 3.8) is 0 Å². The molecule has 2 heterocycles. The van der Waals surface area contributed by atoms with Crippen LogP contribution in [0.15, 0.2) is 59.4 Å². The van der Waals surface area contributed by atoms with Gasteiger partial charge in [-0.3, -0.25) is 4.79 Å². The Bertz CT molecular complexity index is 498. The molecule has 0 saturated carbocycles. The van der Waals surface area contributed by atoms with E-state index in [1.54, 1.807) is 40.3 Å². The van der Waals surface area contributed by atoms with E-state index in [-0.39, 0.29) is 11.6 Å². The Balaban J connectivity index is 2.49. The van der Waals surface area contributed by atoms with Crippen LogP contribution >= 0.6 is 11.3 Å². The third kappa shape index (κ3) is 1.92. The van der Waals surface area contributed by atoms with E-state index >= 15 is 0 Å². The lowest BCUT2D eigenvalue weighted by atomic mass is 10.2. The first-order valence-electron chi connectivity index (χ1n) is 4.66. The highest BCUT2D eigenvalue weighted by Crippen LogP contribution is 2.22. The van der Waals surface area contributed by atoms with Crippen molar-refractivity contribution < 1.29 is 0 Å². The van der Waals surface area contributed by atoms with E-state index in [1.807, 2.05) is 23.6 Å². The van der Waals surface area contributed by atoms with E-state index in [4.69, 9.17) is 0 Å². The van der Waals surface area contributed by atoms with Gasteiger partial charge in [0, 0.05) is 17.1 Å². The van der Waals surface area contributed by atoms with Crippen molar-refractivity contribution in [2.45, 2.75) is 6.04 Å². The van der Waals surface area contributed by atoms with Crippen LogP contribution in [0.5, 0.6) is 0 Å². The quantitative estimate of drug-likeness (QED) is 0.724. The zero-order chi connectivity index (χ0) is 10.7. The van der Waals surface area contributed by atoms with Crippen molar-refractivity contribution in [2.24, 2.45) is 0 Å². The molecular weight excluding hydrogens is 206 g/mol. The summed E-state index contributed by atoms with van der Waals surface area (Å²) in [6.45, 7) is 3.78. The van der Waals surface area contributed by atoms with Gasteiger partial charge in [-0.2, -0.15) is 0 Å². The maximum absolute atomic E-state index is 11.6. The van der Waals surface area contributed by atoms with Gasteiger partial charge in [-0.15, -0.1) is 17.9 Å². The van der Waals surface area contributed by atoms with Crippen LogP contribution in [0.25, 0.3) is 0 Å². The van der Waals surface area contributed by atoms with Gasteiger partial charge in [0.25, 0.3) is 5.56 Å². The molecule has 0 unspecified atom stereocenters. The molecule has 15 heavy (non-hydrogen) atoms. The van der Waals surface area contributed by atoms with Gasteiger partial charge in [-0.05, 0) is 17.5 Å². The predicted molar refractivity (Wildman–Crippen MR) is 63.4 cm³/mol. The van der Waals surface area contributed by atoms with E-state index in [1.165, 1.54) is 0 Å². The van der Waals surface area contributed by atoms with Crippen LogP contribution in [-0.2, 0) is 0 Å². The monoisotopic (exact) mass is 217 g/mol. The number of pyridine rings is 1.